The number of hydroxylamine groups is 2. The molecule has 1 rings (SSSR count). The molecule has 0 bridgehead atoms. The molecule has 1 aromatic carbocycles. The van der Waals surface area contributed by atoms with E-state index in [1.807, 2.05) is 25.2 Å². The fraction of sp³-hybridized carbons (Fsp3) is 0.333. The number of nitrogens with zero attached hydrogens (tertiary/aromatic N) is 1. The van der Waals surface area contributed by atoms with Crippen LogP contribution in [0.15, 0.2) is 22.7 Å². The van der Waals surface area contributed by atoms with E-state index in [0.717, 1.165) is 15.1 Å². The topological polar surface area (TPSA) is 12.5 Å². The van der Waals surface area contributed by atoms with E-state index < -0.39 is 0 Å². The Labute approximate surface area is 91.5 Å². The van der Waals surface area contributed by atoms with Gasteiger partial charge in [-0.3, -0.25) is 0 Å². The Morgan fingerprint density at radius 2 is 2.23 bits per heavy atom. The molecule has 0 aliphatic carbocycles. The third kappa shape index (κ3) is 3.27. The number of halogens is 2. The summed E-state index contributed by atoms with van der Waals surface area (Å²) < 4.78 is 1.04. The van der Waals surface area contributed by atoms with Crippen molar-refractivity contribution < 1.29 is 4.84 Å². The van der Waals surface area contributed by atoms with E-state index in [2.05, 4.69) is 15.9 Å². The van der Waals surface area contributed by atoms with Crippen LogP contribution in [0.1, 0.15) is 5.56 Å². The molecule has 0 atom stereocenters. The number of hydrogen-bond donors (Lipinski definition) is 0. The van der Waals surface area contributed by atoms with Gasteiger partial charge in [0.2, 0.25) is 0 Å². The summed E-state index contributed by atoms with van der Waals surface area (Å²) in [6.07, 6.45) is 0. The lowest BCUT2D eigenvalue weighted by Gasteiger charge is -2.14. The first kappa shape index (κ1) is 11.0. The van der Waals surface area contributed by atoms with Gasteiger partial charge in [0.1, 0.15) is 0 Å². The third-order valence-electron chi connectivity index (χ3n) is 1.71. The second-order valence-electron chi connectivity index (χ2n) is 2.70. The maximum absolute atomic E-state index is 5.86. The minimum Gasteiger partial charge on any atom is -0.302 e. The molecule has 0 saturated carbocycles. The molecule has 0 N–H and O–H groups in total. The first-order chi connectivity index (χ1) is 6.13. The average molecular weight is 265 g/mol. The van der Waals surface area contributed by atoms with Crippen LogP contribution < -0.4 is 0 Å². The Hall–Kier alpha value is -0.0900. The van der Waals surface area contributed by atoms with E-state index in [1.54, 1.807) is 12.2 Å². The minimum atomic E-state index is 0.706. The van der Waals surface area contributed by atoms with E-state index in [0.29, 0.717) is 6.54 Å². The SMILES string of the molecule is CON(C)Cc1cc(Cl)ccc1Br. The highest BCUT2D eigenvalue weighted by Crippen LogP contribution is 2.22. The fourth-order valence-electron chi connectivity index (χ4n) is 0.969. The third-order valence-corrected chi connectivity index (χ3v) is 2.72. The first-order valence-corrected chi connectivity index (χ1v) is 4.99. The Morgan fingerprint density at radius 3 is 2.85 bits per heavy atom. The van der Waals surface area contributed by atoms with Gasteiger partial charge in [0.25, 0.3) is 0 Å². The van der Waals surface area contributed by atoms with Crippen molar-refractivity contribution in [2.24, 2.45) is 0 Å². The number of hydrogen-bond acceptors (Lipinski definition) is 2. The summed E-state index contributed by atoms with van der Waals surface area (Å²) in [7, 11) is 3.51. The summed E-state index contributed by atoms with van der Waals surface area (Å²) in [5, 5.41) is 2.47. The second kappa shape index (κ2) is 4.96. The van der Waals surface area contributed by atoms with Gasteiger partial charge >= 0.3 is 0 Å². The fourth-order valence-corrected chi connectivity index (χ4v) is 1.54. The summed E-state index contributed by atoms with van der Waals surface area (Å²) in [6.45, 7) is 0.706. The zero-order valence-corrected chi connectivity index (χ0v) is 9.89. The van der Waals surface area contributed by atoms with E-state index in [-0.39, 0.29) is 0 Å². The highest BCUT2D eigenvalue weighted by atomic mass is 79.9. The number of rotatable bonds is 3. The monoisotopic (exact) mass is 263 g/mol. The van der Waals surface area contributed by atoms with Gasteiger partial charge < -0.3 is 4.84 Å². The van der Waals surface area contributed by atoms with Crippen molar-refractivity contribution in [1.29, 1.82) is 0 Å². The lowest BCUT2D eigenvalue weighted by Crippen LogP contribution is -2.15. The summed E-state index contributed by atoms with van der Waals surface area (Å²) in [5.74, 6) is 0. The quantitative estimate of drug-likeness (QED) is 0.778. The Bertz CT molecular complexity index is 293. The van der Waals surface area contributed by atoms with Crippen LogP contribution in [0.25, 0.3) is 0 Å². The van der Waals surface area contributed by atoms with E-state index in [4.69, 9.17) is 16.4 Å². The van der Waals surface area contributed by atoms with Crippen LogP contribution in [-0.4, -0.2) is 19.2 Å². The first-order valence-electron chi connectivity index (χ1n) is 3.82. The highest BCUT2D eigenvalue weighted by molar-refractivity contribution is 9.10. The van der Waals surface area contributed by atoms with Crippen LogP contribution in [0.4, 0.5) is 0 Å². The minimum absolute atomic E-state index is 0.706. The van der Waals surface area contributed by atoms with Crippen molar-refractivity contribution in [3.63, 3.8) is 0 Å². The molecule has 4 heteroatoms. The van der Waals surface area contributed by atoms with Crippen LogP contribution >= 0.6 is 27.5 Å². The molecule has 1 aromatic rings. The molecule has 72 valence electrons. The standard InChI is InChI=1S/C9H11BrClNO/c1-12(13-2)6-7-5-8(11)3-4-9(7)10/h3-5H,6H2,1-2H3. The van der Waals surface area contributed by atoms with E-state index >= 15 is 0 Å². The predicted molar refractivity (Wildman–Crippen MR) is 57.6 cm³/mol. The van der Waals surface area contributed by atoms with Crippen molar-refractivity contribution >= 4 is 27.5 Å². The van der Waals surface area contributed by atoms with Gasteiger partial charge in [-0.25, -0.2) is 0 Å². The molecule has 0 radical (unpaired) electrons. The van der Waals surface area contributed by atoms with Gasteiger partial charge in [-0.1, -0.05) is 27.5 Å². The molecular weight excluding hydrogens is 253 g/mol. The molecule has 0 aliphatic heterocycles. The molecule has 0 unspecified atom stereocenters. The predicted octanol–water partition coefficient (Wildman–Crippen LogP) is 3.10. The summed E-state index contributed by atoms with van der Waals surface area (Å²) in [5.41, 5.74) is 1.11. The average Bonchev–Trinajstić information content (AvgIpc) is 2.11. The van der Waals surface area contributed by atoms with Gasteiger partial charge in [-0.15, -0.1) is 0 Å². The van der Waals surface area contributed by atoms with Crippen LogP contribution in [0.5, 0.6) is 0 Å². The Morgan fingerprint density at radius 1 is 1.54 bits per heavy atom. The van der Waals surface area contributed by atoms with Crippen LogP contribution in [0.2, 0.25) is 5.02 Å². The Kier molecular flexibility index (Phi) is 4.19. The maximum atomic E-state index is 5.86. The molecule has 0 spiro atoms. The van der Waals surface area contributed by atoms with Crippen LogP contribution in [0, 0.1) is 0 Å². The van der Waals surface area contributed by atoms with E-state index in [1.165, 1.54) is 0 Å². The van der Waals surface area contributed by atoms with Crippen molar-refractivity contribution in [2.45, 2.75) is 6.54 Å². The van der Waals surface area contributed by atoms with Gasteiger partial charge in [-0.2, -0.15) is 5.06 Å². The lowest BCUT2D eigenvalue weighted by atomic mass is 10.2. The molecule has 0 heterocycles. The van der Waals surface area contributed by atoms with Crippen molar-refractivity contribution in [2.75, 3.05) is 14.2 Å². The smallest absolute Gasteiger partial charge is 0.0575 e. The normalized spacial score (nSPS) is 10.8. The van der Waals surface area contributed by atoms with Crippen molar-refractivity contribution in [1.82, 2.24) is 5.06 Å². The molecular formula is C9H11BrClNO. The molecule has 0 fully saturated rings. The molecule has 0 aliphatic rings. The Balaban J connectivity index is 2.81. The summed E-state index contributed by atoms with van der Waals surface area (Å²) in [6, 6.07) is 5.70. The molecule has 0 saturated heterocycles. The van der Waals surface area contributed by atoms with Crippen molar-refractivity contribution in [3.05, 3.63) is 33.3 Å². The van der Waals surface area contributed by atoms with Crippen LogP contribution in [0.3, 0.4) is 0 Å². The second-order valence-corrected chi connectivity index (χ2v) is 4.00. The molecule has 0 amide bonds. The van der Waals surface area contributed by atoms with Gasteiger partial charge in [0, 0.05) is 23.1 Å². The van der Waals surface area contributed by atoms with Gasteiger partial charge in [-0.05, 0) is 23.8 Å². The van der Waals surface area contributed by atoms with Gasteiger partial charge in [0.05, 0.1) is 7.11 Å². The van der Waals surface area contributed by atoms with Crippen LogP contribution in [-0.2, 0) is 11.4 Å². The largest absolute Gasteiger partial charge is 0.302 e. The molecule has 13 heavy (non-hydrogen) atoms. The van der Waals surface area contributed by atoms with Crippen molar-refractivity contribution in [3.8, 4) is 0 Å². The molecule has 2 nitrogen and oxygen atoms in total. The summed E-state index contributed by atoms with van der Waals surface area (Å²) >= 11 is 9.31. The lowest BCUT2D eigenvalue weighted by molar-refractivity contribution is -0.116. The maximum Gasteiger partial charge on any atom is 0.0575 e. The zero-order chi connectivity index (χ0) is 9.84. The number of benzene rings is 1. The van der Waals surface area contributed by atoms with E-state index in [9.17, 15) is 0 Å². The highest BCUT2D eigenvalue weighted by Gasteiger charge is 2.03. The van der Waals surface area contributed by atoms with Gasteiger partial charge in [0.15, 0.2) is 0 Å². The zero-order valence-electron chi connectivity index (χ0n) is 7.55. The molecule has 0 aromatic heterocycles. The summed E-state index contributed by atoms with van der Waals surface area (Å²) in [4.78, 5) is 5.02.